The molecule has 2 heterocycles. The highest BCUT2D eigenvalue weighted by Gasteiger charge is 2.35. The van der Waals surface area contributed by atoms with Crippen LogP contribution in [0.2, 0.25) is 0 Å². The van der Waals surface area contributed by atoms with Crippen molar-refractivity contribution >= 4 is 10.9 Å². The number of alkyl halides is 1. The van der Waals surface area contributed by atoms with Crippen LogP contribution in [0.4, 0.5) is 4.39 Å². The first kappa shape index (κ1) is 19.7. The standard InChI is InChI=1S/C27H31FN2/c28-27(13-15-30(16-14-27)20-22-5-1-2-6-22)18-21-9-11-23(12-10-21)25-17-24-7-3-4-8-26(24)29-19-25/h3-4,7-12,17,19,22H,1-2,5-6,13-16,18,20H2. The van der Waals surface area contributed by atoms with E-state index in [-0.39, 0.29) is 0 Å². The average molecular weight is 403 g/mol. The predicted octanol–water partition coefficient (Wildman–Crippen LogP) is 6.44. The Hall–Kier alpha value is -2.26. The van der Waals surface area contributed by atoms with E-state index in [4.69, 9.17) is 0 Å². The van der Waals surface area contributed by atoms with Gasteiger partial charge in [0, 0.05) is 43.2 Å². The van der Waals surface area contributed by atoms with Crippen molar-refractivity contribution in [2.75, 3.05) is 19.6 Å². The van der Waals surface area contributed by atoms with E-state index in [1.165, 1.54) is 32.2 Å². The number of rotatable bonds is 5. The molecule has 0 spiro atoms. The number of halogens is 1. The zero-order valence-electron chi connectivity index (χ0n) is 17.7. The van der Waals surface area contributed by atoms with Crippen LogP contribution in [0.15, 0.2) is 60.8 Å². The summed E-state index contributed by atoms with van der Waals surface area (Å²) in [7, 11) is 0. The number of piperidine rings is 1. The minimum Gasteiger partial charge on any atom is -0.303 e. The van der Waals surface area contributed by atoms with Gasteiger partial charge in [0.2, 0.25) is 0 Å². The summed E-state index contributed by atoms with van der Waals surface area (Å²) in [4.78, 5) is 7.07. The van der Waals surface area contributed by atoms with Gasteiger partial charge in [-0.25, -0.2) is 4.39 Å². The van der Waals surface area contributed by atoms with E-state index in [1.807, 2.05) is 24.4 Å². The fourth-order valence-electron chi connectivity index (χ4n) is 5.28. The van der Waals surface area contributed by atoms with Crippen LogP contribution < -0.4 is 0 Å². The molecule has 1 saturated heterocycles. The van der Waals surface area contributed by atoms with Gasteiger partial charge < -0.3 is 4.90 Å². The average Bonchev–Trinajstić information content (AvgIpc) is 3.29. The highest BCUT2D eigenvalue weighted by atomic mass is 19.1. The lowest BCUT2D eigenvalue weighted by Crippen LogP contribution is -2.44. The van der Waals surface area contributed by atoms with Gasteiger partial charge in [-0.3, -0.25) is 4.98 Å². The SMILES string of the molecule is FC1(Cc2ccc(-c3cnc4ccccc4c3)cc2)CCN(CC2CCCC2)CC1. The van der Waals surface area contributed by atoms with Crippen LogP contribution in [0.1, 0.15) is 44.1 Å². The molecular weight excluding hydrogens is 371 g/mol. The van der Waals surface area contributed by atoms with Crippen LogP contribution in [0, 0.1) is 5.92 Å². The van der Waals surface area contributed by atoms with Crippen LogP contribution in [-0.4, -0.2) is 35.2 Å². The Morgan fingerprint density at radius 3 is 2.43 bits per heavy atom. The minimum absolute atomic E-state index is 0.528. The first-order valence-corrected chi connectivity index (χ1v) is 11.5. The summed E-state index contributed by atoms with van der Waals surface area (Å²) in [5, 5.41) is 1.14. The molecule has 3 heteroatoms. The van der Waals surface area contributed by atoms with Gasteiger partial charge in [-0.2, -0.15) is 0 Å². The van der Waals surface area contributed by atoms with E-state index < -0.39 is 5.67 Å². The summed E-state index contributed by atoms with van der Waals surface area (Å²) in [6, 6.07) is 18.8. The molecule has 3 aromatic rings. The third kappa shape index (κ3) is 4.41. The van der Waals surface area contributed by atoms with Crippen molar-refractivity contribution in [1.29, 1.82) is 0 Å². The highest BCUT2D eigenvalue weighted by molar-refractivity contribution is 5.83. The molecule has 30 heavy (non-hydrogen) atoms. The molecule has 1 aliphatic heterocycles. The lowest BCUT2D eigenvalue weighted by Gasteiger charge is -2.37. The molecule has 2 aliphatic rings. The Labute approximate surface area is 179 Å². The smallest absolute Gasteiger partial charge is 0.117 e. The topological polar surface area (TPSA) is 16.1 Å². The summed E-state index contributed by atoms with van der Waals surface area (Å²) < 4.78 is 15.5. The van der Waals surface area contributed by atoms with Crippen molar-refractivity contribution in [2.24, 2.45) is 5.92 Å². The number of hydrogen-bond donors (Lipinski definition) is 0. The van der Waals surface area contributed by atoms with Crippen LogP contribution in [0.3, 0.4) is 0 Å². The first-order chi connectivity index (χ1) is 14.7. The van der Waals surface area contributed by atoms with Crippen molar-refractivity contribution in [2.45, 2.75) is 50.6 Å². The monoisotopic (exact) mass is 402 g/mol. The van der Waals surface area contributed by atoms with Gasteiger partial charge in [0.05, 0.1) is 5.52 Å². The minimum atomic E-state index is -1.06. The van der Waals surface area contributed by atoms with Gasteiger partial charge in [0.15, 0.2) is 0 Å². The molecule has 0 atom stereocenters. The van der Waals surface area contributed by atoms with Gasteiger partial charge in [-0.05, 0) is 54.9 Å². The lowest BCUT2D eigenvalue weighted by atomic mass is 9.86. The molecule has 2 fully saturated rings. The van der Waals surface area contributed by atoms with E-state index in [0.717, 1.165) is 46.6 Å². The Morgan fingerprint density at radius 2 is 1.67 bits per heavy atom. The van der Waals surface area contributed by atoms with E-state index in [0.29, 0.717) is 19.3 Å². The molecule has 0 N–H and O–H groups in total. The Balaban J connectivity index is 1.21. The quantitative estimate of drug-likeness (QED) is 0.488. The number of para-hydroxylation sites is 1. The second-order valence-electron chi connectivity index (χ2n) is 9.39. The molecular formula is C27H31FN2. The van der Waals surface area contributed by atoms with Gasteiger partial charge >= 0.3 is 0 Å². The number of nitrogens with zero attached hydrogens (tertiary/aromatic N) is 2. The number of fused-ring (bicyclic) bond motifs is 1. The molecule has 2 aromatic carbocycles. The summed E-state index contributed by atoms with van der Waals surface area (Å²) in [5.41, 5.74) is 3.29. The lowest BCUT2D eigenvalue weighted by molar-refractivity contribution is 0.0519. The summed E-state index contributed by atoms with van der Waals surface area (Å²) in [5.74, 6) is 0.856. The van der Waals surface area contributed by atoms with Crippen LogP contribution >= 0.6 is 0 Å². The molecule has 5 rings (SSSR count). The van der Waals surface area contributed by atoms with E-state index in [9.17, 15) is 0 Å². The molecule has 0 amide bonds. The second kappa shape index (κ2) is 8.47. The van der Waals surface area contributed by atoms with E-state index in [1.54, 1.807) is 0 Å². The fraction of sp³-hybridized carbons (Fsp3) is 0.444. The molecule has 1 saturated carbocycles. The number of aromatic nitrogens is 1. The fourth-order valence-corrected chi connectivity index (χ4v) is 5.28. The van der Waals surface area contributed by atoms with E-state index >= 15 is 4.39 Å². The normalized spacial score (nSPS) is 20.0. The van der Waals surface area contributed by atoms with Crippen LogP contribution in [0.5, 0.6) is 0 Å². The number of likely N-dealkylation sites (tertiary alicyclic amines) is 1. The van der Waals surface area contributed by atoms with Gasteiger partial charge in [-0.15, -0.1) is 0 Å². The zero-order chi connectivity index (χ0) is 20.4. The van der Waals surface area contributed by atoms with Gasteiger partial charge in [0.25, 0.3) is 0 Å². The maximum atomic E-state index is 15.5. The van der Waals surface area contributed by atoms with Crippen LogP contribution in [-0.2, 0) is 6.42 Å². The predicted molar refractivity (Wildman–Crippen MR) is 122 cm³/mol. The summed E-state index contributed by atoms with van der Waals surface area (Å²) >= 11 is 0. The van der Waals surface area contributed by atoms with Crippen molar-refractivity contribution in [1.82, 2.24) is 9.88 Å². The number of pyridine rings is 1. The van der Waals surface area contributed by atoms with Crippen molar-refractivity contribution < 1.29 is 4.39 Å². The van der Waals surface area contributed by atoms with Crippen molar-refractivity contribution in [3.8, 4) is 11.1 Å². The molecule has 1 aliphatic carbocycles. The molecule has 0 unspecified atom stereocenters. The maximum absolute atomic E-state index is 15.5. The Kier molecular flexibility index (Phi) is 5.56. The Morgan fingerprint density at radius 1 is 0.933 bits per heavy atom. The second-order valence-corrected chi connectivity index (χ2v) is 9.39. The van der Waals surface area contributed by atoms with Gasteiger partial charge in [0.1, 0.15) is 5.67 Å². The highest BCUT2D eigenvalue weighted by Crippen LogP contribution is 2.33. The van der Waals surface area contributed by atoms with Gasteiger partial charge in [-0.1, -0.05) is 55.3 Å². The number of hydrogen-bond acceptors (Lipinski definition) is 2. The summed E-state index contributed by atoms with van der Waals surface area (Å²) in [6.07, 6.45) is 9.29. The largest absolute Gasteiger partial charge is 0.303 e. The van der Waals surface area contributed by atoms with Crippen molar-refractivity contribution in [3.63, 3.8) is 0 Å². The molecule has 2 nitrogen and oxygen atoms in total. The van der Waals surface area contributed by atoms with Crippen LogP contribution in [0.25, 0.3) is 22.0 Å². The van der Waals surface area contributed by atoms with E-state index in [2.05, 4.69) is 46.3 Å². The molecule has 1 aromatic heterocycles. The first-order valence-electron chi connectivity index (χ1n) is 11.5. The third-order valence-electron chi connectivity index (χ3n) is 7.14. The van der Waals surface area contributed by atoms with Crippen molar-refractivity contribution in [3.05, 3.63) is 66.4 Å². The number of benzene rings is 2. The molecule has 156 valence electrons. The Bertz CT molecular complexity index is 983. The third-order valence-corrected chi connectivity index (χ3v) is 7.14. The maximum Gasteiger partial charge on any atom is 0.117 e. The summed E-state index contributed by atoms with van der Waals surface area (Å²) in [6.45, 7) is 3.01. The molecule has 0 bridgehead atoms. The zero-order valence-corrected chi connectivity index (χ0v) is 17.7. The molecule has 0 radical (unpaired) electrons.